The average molecular weight is 446 g/mol. The van der Waals surface area contributed by atoms with Crippen LogP contribution in [0.25, 0.3) is 0 Å². The van der Waals surface area contributed by atoms with Gasteiger partial charge in [-0.1, -0.05) is 111 Å². The van der Waals surface area contributed by atoms with Gasteiger partial charge in [-0.3, -0.25) is 4.79 Å². The molecule has 0 unspecified atom stereocenters. The Labute approximate surface area is 197 Å². The van der Waals surface area contributed by atoms with Gasteiger partial charge in [0.2, 0.25) is 0 Å². The molecular formula is C29H35NOS. The van der Waals surface area contributed by atoms with Crippen molar-refractivity contribution in [3.05, 3.63) is 107 Å². The fraction of sp³-hybridized carbons (Fsp3) is 0.345. The summed E-state index contributed by atoms with van der Waals surface area (Å²) in [6.07, 6.45) is 6.20. The van der Waals surface area contributed by atoms with Gasteiger partial charge in [0.15, 0.2) is 0 Å². The maximum atomic E-state index is 11.9. The Morgan fingerprint density at radius 2 is 1.34 bits per heavy atom. The van der Waals surface area contributed by atoms with Crippen LogP contribution in [0.1, 0.15) is 61.8 Å². The van der Waals surface area contributed by atoms with E-state index in [4.69, 9.17) is 5.73 Å². The highest BCUT2D eigenvalue weighted by Crippen LogP contribution is 2.48. The van der Waals surface area contributed by atoms with E-state index < -0.39 is 10.8 Å². The van der Waals surface area contributed by atoms with E-state index in [1.807, 2.05) is 12.1 Å². The summed E-state index contributed by atoms with van der Waals surface area (Å²) in [6.45, 7) is 3.82. The Morgan fingerprint density at radius 1 is 0.812 bits per heavy atom. The van der Waals surface area contributed by atoms with E-state index in [0.29, 0.717) is 5.75 Å². The maximum Gasteiger partial charge on any atom is 0.147 e. The third-order valence-corrected chi connectivity index (χ3v) is 7.71. The highest BCUT2D eigenvalue weighted by atomic mass is 32.2. The van der Waals surface area contributed by atoms with Crippen LogP contribution in [0.2, 0.25) is 0 Å². The van der Waals surface area contributed by atoms with Crippen LogP contribution in [0.5, 0.6) is 0 Å². The monoisotopic (exact) mass is 445 g/mol. The molecule has 0 fully saturated rings. The molecule has 0 aliphatic heterocycles. The van der Waals surface area contributed by atoms with Crippen molar-refractivity contribution in [2.45, 2.75) is 56.7 Å². The standard InChI is InChI=1S/C29H35NOS/c1-3-4-5-8-13-24-18-20-27(21-19-24)29(25-14-9-6-10-15-25,26-16-11-7-12-17-26)32-22-28(30)23(2)31/h6-7,9-12,14-21,28H,3-5,8,13,22,30H2,1-2H3/t28-/m0/s1. The number of Topliss-reactive ketones (excluding diaryl/α,β-unsaturated/α-hetero) is 1. The number of benzene rings is 3. The average Bonchev–Trinajstić information content (AvgIpc) is 2.84. The molecule has 0 amide bonds. The van der Waals surface area contributed by atoms with Gasteiger partial charge in [0.1, 0.15) is 5.78 Å². The number of aryl methyl sites for hydroxylation is 1. The maximum absolute atomic E-state index is 11.9. The number of thioether (sulfide) groups is 1. The molecule has 0 bridgehead atoms. The van der Waals surface area contributed by atoms with E-state index in [2.05, 4.69) is 79.7 Å². The van der Waals surface area contributed by atoms with Crippen molar-refractivity contribution in [2.24, 2.45) is 5.73 Å². The van der Waals surface area contributed by atoms with Gasteiger partial charge in [-0.2, -0.15) is 0 Å². The topological polar surface area (TPSA) is 43.1 Å². The molecule has 3 aromatic carbocycles. The number of hydrogen-bond donors (Lipinski definition) is 1. The molecule has 3 heteroatoms. The molecule has 1 atom stereocenters. The van der Waals surface area contributed by atoms with Crippen molar-refractivity contribution in [2.75, 3.05) is 5.75 Å². The lowest BCUT2D eigenvalue weighted by atomic mass is 9.83. The molecule has 32 heavy (non-hydrogen) atoms. The minimum Gasteiger partial charge on any atom is -0.321 e. The first-order valence-corrected chi connectivity index (χ1v) is 12.7. The summed E-state index contributed by atoms with van der Waals surface area (Å²) in [5.74, 6) is 0.577. The largest absolute Gasteiger partial charge is 0.321 e. The molecule has 0 radical (unpaired) electrons. The predicted octanol–water partition coefficient (Wildman–Crippen LogP) is 6.75. The number of ketones is 1. The van der Waals surface area contributed by atoms with Crippen LogP contribution in [-0.2, 0) is 16.0 Å². The van der Waals surface area contributed by atoms with Crippen molar-refractivity contribution in [1.29, 1.82) is 0 Å². The lowest BCUT2D eigenvalue weighted by Crippen LogP contribution is -2.34. The normalized spacial score (nSPS) is 12.5. The van der Waals surface area contributed by atoms with Gasteiger partial charge in [0.25, 0.3) is 0 Å². The molecule has 0 aliphatic rings. The van der Waals surface area contributed by atoms with Crippen LogP contribution in [0, 0.1) is 0 Å². The zero-order chi connectivity index (χ0) is 22.8. The van der Waals surface area contributed by atoms with E-state index in [1.54, 1.807) is 18.7 Å². The fourth-order valence-corrected chi connectivity index (χ4v) is 5.66. The molecule has 0 saturated heterocycles. The zero-order valence-corrected chi connectivity index (χ0v) is 20.1. The first-order chi connectivity index (χ1) is 15.6. The Morgan fingerprint density at radius 3 is 1.84 bits per heavy atom. The zero-order valence-electron chi connectivity index (χ0n) is 19.3. The minimum atomic E-state index is -0.482. The molecule has 168 valence electrons. The number of nitrogens with two attached hydrogens (primary N) is 1. The number of carbonyl (C=O) groups is 1. The Balaban J connectivity index is 2.03. The van der Waals surface area contributed by atoms with Crippen molar-refractivity contribution in [3.8, 4) is 0 Å². The fourth-order valence-electron chi connectivity index (χ4n) is 4.09. The van der Waals surface area contributed by atoms with E-state index >= 15 is 0 Å². The second kappa shape index (κ2) is 12.0. The van der Waals surface area contributed by atoms with E-state index in [9.17, 15) is 4.79 Å². The summed E-state index contributed by atoms with van der Waals surface area (Å²) in [4.78, 5) is 11.9. The van der Waals surface area contributed by atoms with E-state index in [1.165, 1.54) is 47.9 Å². The quantitative estimate of drug-likeness (QED) is 0.248. The minimum absolute atomic E-state index is 0.0231. The van der Waals surface area contributed by atoms with Crippen LogP contribution in [0.3, 0.4) is 0 Å². The van der Waals surface area contributed by atoms with Crippen molar-refractivity contribution in [3.63, 3.8) is 0 Å². The Bertz CT molecular complexity index is 914. The Hall–Kier alpha value is -2.36. The molecule has 3 rings (SSSR count). The van der Waals surface area contributed by atoms with Gasteiger partial charge in [-0.25, -0.2) is 0 Å². The van der Waals surface area contributed by atoms with Crippen molar-refractivity contribution < 1.29 is 4.79 Å². The van der Waals surface area contributed by atoms with Crippen LogP contribution in [0.15, 0.2) is 84.9 Å². The SMILES string of the molecule is CCCCCCc1ccc(C(SC[C@H](N)C(C)=O)(c2ccccc2)c2ccccc2)cc1. The first-order valence-electron chi connectivity index (χ1n) is 11.7. The lowest BCUT2D eigenvalue weighted by Gasteiger charge is -2.36. The van der Waals surface area contributed by atoms with Crippen LogP contribution in [0.4, 0.5) is 0 Å². The van der Waals surface area contributed by atoms with E-state index in [0.717, 1.165) is 6.42 Å². The molecular weight excluding hydrogens is 410 g/mol. The third-order valence-electron chi connectivity index (χ3n) is 6.04. The van der Waals surface area contributed by atoms with Crippen LogP contribution in [-0.4, -0.2) is 17.6 Å². The molecule has 0 aromatic heterocycles. The molecule has 0 spiro atoms. The number of unbranched alkanes of at least 4 members (excludes halogenated alkanes) is 3. The predicted molar refractivity (Wildman–Crippen MR) is 138 cm³/mol. The highest BCUT2D eigenvalue weighted by molar-refractivity contribution is 8.00. The van der Waals surface area contributed by atoms with Gasteiger partial charge < -0.3 is 5.73 Å². The molecule has 2 N–H and O–H groups in total. The third kappa shape index (κ3) is 5.90. The lowest BCUT2D eigenvalue weighted by molar-refractivity contribution is -0.117. The van der Waals surface area contributed by atoms with Crippen molar-refractivity contribution in [1.82, 2.24) is 0 Å². The van der Waals surface area contributed by atoms with Gasteiger partial charge in [-0.05, 0) is 42.0 Å². The second-order valence-corrected chi connectivity index (χ2v) is 9.68. The number of carbonyl (C=O) groups excluding carboxylic acids is 1. The summed E-state index contributed by atoms with van der Waals surface area (Å²) in [5, 5.41) is 0. The summed E-state index contributed by atoms with van der Waals surface area (Å²) in [6, 6.07) is 29.7. The molecule has 2 nitrogen and oxygen atoms in total. The van der Waals surface area contributed by atoms with Gasteiger partial charge in [0.05, 0.1) is 10.8 Å². The first kappa shape index (κ1) is 24.3. The smallest absolute Gasteiger partial charge is 0.147 e. The number of hydrogen-bond acceptors (Lipinski definition) is 3. The van der Waals surface area contributed by atoms with Gasteiger partial charge in [0, 0.05) is 5.75 Å². The highest BCUT2D eigenvalue weighted by Gasteiger charge is 2.37. The Kier molecular flexibility index (Phi) is 9.13. The molecule has 0 heterocycles. The van der Waals surface area contributed by atoms with Crippen LogP contribution >= 0.6 is 11.8 Å². The van der Waals surface area contributed by atoms with Gasteiger partial charge in [-0.15, -0.1) is 11.8 Å². The summed E-state index contributed by atoms with van der Waals surface area (Å²) in [7, 11) is 0. The number of rotatable bonds is 12. The summed E-state index contributed by atoms with van der Waals surface area (Å²) in [5.41, 5.74) is 11.2. The summed E-state index contributed by atoms with van der Waals surface area (Å²) >= 11 is 1.75. The van der Waals surface area contributed by atoms with E-state index in [-0.39, 0.29) is 5.78 Å². The van der Waals surface area contributed by atoms with Crippen molar-refractivity contribution >= 4 is 17.5 Å². The molecule has 0 aliphatic carbocycles. The molecule has 3 aromatic rings. The summed E-state index contributed by atoms with van der Waals surface area (Å²) < 4.78 is -0.434. The molecule has 0 saturated carbocycles. The van der Waals surface area contributed by atoms with Gasteiger partial charge >= 0.3 is 0 Å². The van der Waals surface area contributed by atoms with Crippen LogP contribution < -0.4 is 5.73 Å². The second-order valence-electron chi connectivity index (χ2n) is 8.45.